The van der Waals surface area contributed by atoms with Gasteiger partial charge in [-0.1, -0.05) is 53.0 Å². The fraction of sp³-hybridized carbons (Fsp3) is 0.133. The Morgan fingerprint density at radius 3 is 2.43 bits per heavy atom. The zero-order chi connectivity index (χ0) is 15.4. The molecule has 0 spiro atoms. The summed E-state index contributed by atoms with van der Waals surface area (Å²) in [7, 11) is 1.74. The van der Waals surface area contributed by atoms with Gasteiger partial charge in [0.1, 0.15) is 5.82 Å². The highest BCUT2D eigenvalue weighted by Crippen LogP contribution is 2.22. The Kier molecular flexibility index (Phi) is 5.45. The highest BCUT2D eigenvalue weighted by molar-refractivity contribution is 6.70. The van der Waals surface area contributed by atoms with E-state index in [1.165, 1.54) is 12.1 Å². The van der Waals surface area contributed by atoms with Crippen molar-refractivity contribution in [3.63, 3.8) is 0 Å². The van der Waals surface area contributed by atoms with Gasteiger partial charge in [0.25, 0.3) is 0 Å². The number of hydrogen-bond acceptors (Lipinski definition) is 2. The molecule has 0 amide bonds. The van der Waals surface area contributed by atoms with Gasteiger partial charge in [0.2, 0.25) is 0 Å². The molecule has 0 radical (unpaired) electrons. The summed E-state index contributed by atoms with van der Waals surface area (Å²) in [6.07, 6.45) is 0. The van der Waals surface area contributed by atoms with E-state index in [1.54, 1.807) is 30.3 Å². The lowest BCUT2D eigenvalue weighted by Crippen LogP contribution is -2.13. The SMILES string of the molecule is CN(Cc1ccc(Cl)cc1)/N=C(/Cl)c1c(F)cccc1Cl. The summed E-state index contributed by atoms with van der Waals surface area (Å²) in [5.41, 5.74) is 1.11. The third-order valence-electron chi connectivity index (χ3n) is 2.75. The summed E-state index contributed by atoms with van der Waals surface area (Å²) in [4.78, 5) is 0. The zero-order valence-electron chi connectivity index (χ0n) is 11.2. The third-order valence-corrected chi connectivity index (χ3v) is 3.58. The molecule has 2 aromatic rings. The fourth-order valence-corrected chi connectivity index (χ4v) is 2.53. The summed E-state index contributed by atoms with van der Waals surface area (Å²) in [6, 6.07) is 11.7. The van der Waals surface area contributed by atoms with Crippen molar-refractivity contribution in [1.29, 1.82) is 0 Å². The number of rotatable bonds is 4. The van der Waals surface area contributed by atoms with E-state index in [0.29, 0.717) is 11.6 Å². The van der Waals surface area contributed by atoms with Crippen LogP contribution in [0.5, 0.6) is 0 Å². The Labute approximate surface area is 137 Å². The summed E-state index contributed by atoms with van der Waals surface area (Å²) < 4.78 is 13.7. The summed E-state index contributed by atoms with van der Waals surface area (Å²) in [5.74, 6) is -0.504. The van der Waals surface area contributed by atoms with Gasteiger partial charge >= 0.3 is 0 Å². The van der Waals surface area contributed by atoms with Crippen molar-refractivity contribution in [2.24, 2.45) is 5.10 Å². The Bertz CT molecular complexity index is 636. The molecule has 2 aromatic carbocycles. The highest BCUT2D eigenvalue weighted by atomic mass is 35.5. The molecule has 0 aliphatic heterocycles. The van der Waals surface area contributed by atoms with E-state index in [9.17, 15) is 4.39 Å². The lowest BCUT2D eigenvalue weighted by Gasteiger charge is -2.14. The largest absolute Gasteiger partial charge is 0.294 e. The molecule has 0 aliphatic carbocycles. The first-order chi connectivity index (χ1) is 9.97. The quantitative estimate of drug-likeness (QED) is 0.551. The van der Waals surface area contributed by atoms with Crippen LogP contribution < -0.4 is 0 Å². The van der Waals surface area contributed by atoms with E-state index in [0.717, 1.165) is 5.56 Å². The molecule has 0 aliphatic rings. The van der Waals surface area contributed by atoms with Crippen molar-refractivity contribution in [2.45, 2.75) is 6.54 Å². The second-order valence-corrected chi connectivity index (χ2v) is 5.63. The van der Waals surface area contributed by atoms with E-state index >= 15 is 0 Å². The zero-order valence-corrected chi connectivity index (χ0v) is 13.4. The molecule has 0 fully saturated rings. The molecule has 0 aromatic heterocycles. The van der Waals surface area contributed by atoms with Crippen LogP contribution in [0.25, 0.3) is 0 Å². The van der Waals surface area contributed by atoms with Crippen molar-refractivity contribution in [2.75, 3.05) is 7.05 Å². The maximum absolute atomic E-state index is 13.7. The van der Waals surface area contributed by atoms with Gasteiger partial charge in [-0.15, -0.1) is 0 Å². The molecule has 0 N–H and O–H groups in total. The molecule has 0 saturated carbocycles. The third kappa shape index (κ3) is 4.34. The van der Waals surface area contributed by atoms with Crippen LogP contribution in [0.2, 0.25) is 10.0 Å². The van der Waals surface area contributed by atoms with E-state index in [1.807, 2.05) is 12.1 Å². The normalized spacial score (nSPS) is 11.6. The number of halogens is 4. The summed E-state index contributed by atoms with van der Waals surface area (Å²) in [6.45, 7) is 0.513. The summed E-state index contributed by atoms with van der Waals surface area (Å²) >= 11 is 17.8. The standard InChI is InChI=1S/C15H12Cl3FN2/c1-21(9-10-5-7-11(16)8-6-10)20-15(18)14-12(17)3-2-4-13(14)19/h2-8H,9H2,1H3/b20-15+. The summed E-state index contributed by atoms with van der Waals surface area (Å²) in [5, 5.41) is 6.65. The number of benzene rings is 2. The van der Waals surface area contributed by atoms with Gasteiger partial charge in [-0.25, -0.2) is 4.39 Å². The van der Waals surface area contributed by atoms with Crippen molar-refractivity contribution < 1.29 is 4.39 Å². The van der Waals surface area contributed by atoms with Gasteiger partial charge in [0, 0.05) is 12.1 Å². The van der Waals surface area contributed by atoms with E-state index in [4.69, 9.17) is 34.8 Å². The average Bonchev–Trinajstić information content (AvgIpc) is 2.41. The molecular weight excluding hydrogens is 334 g/mol. The van der Waals surface area contributed by atoms with Gasteiger partial charge in [-0.3, -0.25) is 5.01 Å². The van der Waals surface area contributed by atoms with Gasteiger partial charge < -0.3 is 0 Å². The minimum atomic E-state index is -0.504. The van der Waals surface area contributed by atoms with Crippen LogP contribution in [0.1, 0.15) is 11.1 Å². The Morgan fingerprint density at radius 2 is 1.81 bits per heavy atom. The lowest BCUT2D eigenvalue weighted by atomic mass is 10.2. The number of hydrazone groups is 1. The van der Waals surface area contributed by atoms with E-state index < -0.39 is 5.82 Å². The van der Waals surface area contributed by atoms with Gasteiger partial charge in [-0.2, -0.15) is 5.10 Å². The molecule has 110 valence electrons. The predicted molar refractivity (Wildman–Crippen MR) is 86.7 cm³/mol. The number of nitrogens with zero attached hydrogens (tertiary/aromatic N) is 2. The van der Waals surface area contributed by atoms with Crippen molar-refractivity contribution in [1.82, 2.24) is 5.01 Å². The Balaban J connectivity index is 2.16. The molecule has 6 heteroatoms. The maximum Gasteiger partial charge on any atom is 0.160 e. The first-order valence-electron chi connectivity index (χ1n) is 6.11. The van der Waals surface area contributed by atoms with Crippen molar-refractivity contribution >= 4 is 40.0 Å². The Hall–Kier alpha value is -1.29. The van der Waals surface area contributed by atoms with Crippen LogP contribution in [0.3, 0.4) is 0 Å². The lowest BCUT2D eigenvalue weighted by molar-refractivity contribution is 0.348. The molecular formula is C15H12Cl3FN2. The van der Waals surface area contributed by atoms with Crippen molar-refractivity contribution in [3.05, 3.63) is 69.5 Å². The minimum Gasteiger partial charge on any atom is -0.294 e. The monoisotopic (exact) mass is 344 g/mol. The fourth-order valence-electron chi connectivity index (χ4n) is 1.78. The molecule has 2 nitrogen and oxygen atoms in total. The molecule has 0 heterocycles. The minimum absolute atomic E-state index is 0.00886. The topological polar surface area (TPSA) is 15.6 Å². The predicted octanol–water partition coefficient (Wildman–Crippen LogP) is 5.16. The molecule has 0 unspecified atom stereocenters. The van der Waals surface area contributed by atoms with Crippen LogP contribution >= 0.6 is 34.8 Å². The molecule has 2 rings (SSSR count). The molecule has 0 bridgehead atoms. The van der Waals surface area contributed by atoms with Gasteiger partial charge in [-0.05, 0) is 29.8 Å². The van der Waals surface area contributed by atoms with E-state index in [2.05, 4.69) is 5.10 Å². The molecule has 21 heavy (non-hydrogen) atoms. The van der Waals surface area contributed by atoms with Crippen LogP contribution in [0.15, 0.2) is 47.6 Å². The first-order valence-corrected chi connectivity index (χ1v) is 7.25. The van der Waals surface area contributed by atoms with Gasteiger partial charge in [0.15, 0.2) is 5.17 Å². The van der Waals surface area contributed by atoms with Crippen LogP contribution in [-0.2, 0) is 6.54 Å². The van der Waals surface area contributed by atoms with Crippen molar-refractivity contribution in [3.8, 4) is 0 Å². The van der Waals surface area contributed by atoms with Crippen LogP contribution in [0, 0.1) is 5.82 Å². The highest BCUT2D eigenvalue weighted by Gasteiger charge is 2.12. The van der Waals surface area contributed by atoms with E-state index in [-0.39, 0.29) is 15.8 Å². The first kappa shape index (κ1) is 16.1. The van der Waals surface area contributed by atoms with Gasteiger partial charge in [0.05, 0.1) is 17.1 Å². The maximum atomic E-state index is 13.7. The molecule has 0 saturated heterocycles. The van der Waals surface area contributed by atoms with Crippen LogP contribution in [-0.4, -0.2) is 17.2 Å². The second-order valence-electron chi connectivity index (χ2n) is 4.43. The van der Waals surface area contributed by atoms with Crippen LogP contribution in [0.4, 0.5) is 4.39 Å². The second kappa shape index (κ2) is 7.12. The Morgan fingerprint density at radius 1 is 1.14 bits per heavy atom. The smallest absolute Gasteiger partial charge is 0.160 e. The number of hydrogen-bond donors (Lipinski definition) is 0. The molecule has 0 atom stereocenters. The average molecular weight is 346 g/mol.